The molecule has 0 bridgehead atoms. The summed E-state index contributed by atoms with van der Waals surface area (Å²) < 4.78 is 14.2. The largest absolute Gasteiger partial charge is 0.353 e. The molecule has 1 aromatic carbocycles. The van der Waals surface area contributed by atoms with Crippen molar-refractivity contribution in [2.45, 2.75) is 26.7 Å². The van der Waals surface area contributed by atoms with Gasteiger partial charge in [-0.2, -0.15) is 5.10 Å². The Morgan fingerprint density at radius 2 is 1.87 bits per heavy atom. The summed E-state index contributed by atoms with van der Waals surface area (Å²) in [6.07, 6.45) is 12.3. The number of rotatable bonds is 7. The molecular weight excluding hydrogens is 487 g/mol. The normalized spacial score (nSPS) is 15.1. The molecule has 0 atom stereocenters. The van der Waals surface area contributed by atoms with E-state index < -0.39 is 0 Å². The molecule has 1 saturated heterocycles. The van der Waals surface area contributed by atoms with Gasteiger partial charge in [0.05, 0.1) is 28.8 Å². The van der Waals surface area contributed by atoms with Crippen molar-refractivity contribution in [3.8, 4) is 22.6 Å². The molecular formula is C32H31FN6. The standard InChI is InChI=1S/C32H31FN6/c1-4-21(19-39-10-6-7-11-39)14-22(5-2)28-16-26-30(18-35-28)37-38-32(26)29-17-25-27(36-29)8-9-34-31(25)23-12-20(3)13-24(33)15-23/h4-5,8-9,12-18,36H,1,6-7,10-11,19H2,2-3H3,(H,37,38)/b21-14+,22-5+. The average Bonchev–Trinajstić information content (AvgIpc) is 3.69. The Hall–Kier alpha value is -4.36. The van der Waals surface area contributed by atoms with Gasteiger partial charge in [-0.1, -0.05) is 18.7 Å². The quantitative estimate of drug-likeness (QED) is 0.223. The van der Waals surface area contributed by atoms with Crippen LogP contribution in [-0.4, -0.2) is 49.7 Å². The molecule has 0 saturated carbocycles. The van der Waals surface area contributed by atoms with Gasteiger partial charge in [-0.3, -0.25) is 20.0 Å². The Balaban J connectivity index is 1.39. The molecule has 0 unspecified atom stereocenters. The van der Waals surface area contributed by atoms with Crippen LogP contribution in [0, 0.1) is 12.7 Å². The summed E-state index contributed by atoms with van der Waals surface area (Å²) in [4.78, 5) is 15.3. The van der Waals surface area contributed by atoms with Crippen molar-refractivity contribution >= 4 is 27.4 Å². The van der Waals surface area contributed by atoms with Crippen molar-refractivity contribution in [3.05, 3.63) is 96.2 Å². The van der Waals surface area contributed by atoms with E-state index in [2.05, 4.69) is 49.9 Å². The summed E-state index contributed by atoms with van der Waals surface area (Å²) in [6.45, 7) is 11.1. The van der Waals surface area contributed by atoms with E-state index in [0.717, 1.165) is 80.9 Å². The number of nitrogens with zero attached hydrogens (tertiary/aromatic N) is 4. The van der Waals surface area contributed by atoms with Crippen LogP contribution in [-0.2, 0) is 0 Å². The Bertz CT molecular complexity index is 1730. The number of aromatic nitrogens is 5. The van der Waals surface area contributed by atoms with Gasteiger partial charge >= 0.3 is 0 Å². The van der Waals surface area contributed by atoms with Crippen LogP contribution in [0.5, 0.6) is 0 Å². The number of allylic oxidation sites excluding steroid dienone is 3. The van der Waals surface area contributed by atoms with E-state index in [1.807, 2.05) is 44.3 Å². The number of fused-ring (bicyclic) bond motifs is 2. The Morgan fingerprint density at radius 3 is 2.64 bits per heavy atom. The van der Waals surface area contributed by atoms with E-state index in [1.54, 1.807) is 6.20 Å². The molecule has 6 rings (SSSR count). The number of hydrogen-bond acceptors (Lipinski definition) is 4. The van der Waals surface area contributed by atoms with Crippen molar-refractivity contribution in [3.63, 3.8) is 0 Å². The first-order valence-electron chi connectivity index (χ1n) is 13.3. The highest BCUT2D eigenvalue weighted by atomic mass is 19.1. The third-order valence-corrected chi connectivity index (χ3v) is 7.38. The van der Waals surface area contributed by atoms with Crippen LogP contribution in [0.3, 0.4) is 0 Å². The highest BCUT2D eigenvalue weighted by molar-refractivity contribution is 6.00. The fourth-order valence-corrected chi connectivity index (χ4v) is 5.44. The first-order chi connectivity index (χ1) is 19.0. The van der Waals surface area contributed by atoms with E-state index in [4.69, 9.17) is 4.98 Å². The molecule has 2 N–H and O–H groups in total. The number of H-pyrrole nitrogens is 2. The van der Waals surface area contributed by atoms with Crippen LogP contribution < -0.4 is 0 Å². The van der Waals surface area contributed by atoms with Crippen molar-refractivity contribution in [1.82, 2.24) is 30.0 Å². The molecule has 5 heterocycles. The van der Waals surface area contributed by atoms with Crippen LogP contribution >= 0.6 is 0 Å². The number of aryl methyl sites for hydroxylation is 1. The van der Waals surface area contributed by atoms with Crippen molar-refractivity contribution in [2.24, 2.45) is 0 Å². The molecule has 0 aliphatic carbocycles. The average molecular weight is 519 g/mol. The van der Waals surface area contributed by atoms with E-state index >= 15 is 0 Å². The van der Waals surface area contributed by atoms with Gasteiger partial charge in [0.2, 0.25) is 0 Å². The smallest absolute Gasteiger partial charge is 0.124 e. The second-order valence-corrected chi connectivity index (χ2v) is 10.2. The Morgan fingerprint density at radius 1 is 1.05 bits per heavy atom. The fraction of sp³-hybridized carbons (Fsp3) is 0.219. The van der Waals surface area contributed by atoms with Crippen LogP contribution in [0.2, 0.25) is 0 Å². The maximum absolute atomic E-state index is 14.2. The third kappa shape index (κ3) is 4.93. The number of likely N-dealkylation sites (tertiary alicyclic amines) is 1. The molecule has 196 valence electrons. The highest BCUT2D eigenvalue weighted by Gasteiger charge is 2.17. The SMILES string of the molecule is C=C/C(=C\C(=C/C)c1cc2c(-c3cc4c(-c5cc(C)cc(F)c5)nccc4[nH]3)n[nH]c2cn1)CN1CCCC1. The van der Waals surface area contributed by atoms with E-state index in [9.17, 15) is 4.39 Å². The third-order valence-electron chi connectivity index (χ3n) is 7.38. The number of pyridine rings is 2. The molecule has 4 aromatic heterocycles. The van der Waals surface area contributed by atoms with Crippen molar-refractivity contribution < 1.29 is 4.39 Å². The molecule has 1 fully saturated rings. The van der Waals surface area contributed by atoms with E-state index in [-0.39, 0.29) is 5.82 Å². The maximum Gasteiger partial charge on any atom is 0.124 e. The molecule has 39 heavy (non-hydrogen) atoms. The van der Waals surface area contributed by atoms with Gasteiger partial charge in [-0.15, -0.1) is 0 Å². The van der Waals surface area contributed by atoms with Gasteiger partial charge < -0.3 is 4.98 Å². The predicted octanol–water partition coefficient (Wildman–Crippen LogP) is 7.23. The molecule has 6 nitrogen and oxygen atoms in total. The lowest BCUT2D eigenvalue weighted by atomic mass is 10.0. The minimum Gasteiger partial charge on any atom is -0.353 e. The summed E-state index contributed by atoms with van der Waals surface area (Å²) >= 11 is 0. The first-order valence-corrected chi connectivity index (χ1v) is 13.3. The van der Waals surface area contributed by atoms with E-state index in [1.165, 1.54) is 30.5 Å². The number of aromatic amines is 2. The second kappa shape index (κ2) is 10.4. The van der Waals surface area contributed by atoms with Gasteiger partial charge in [-0.05, 0) is 99.0 Å². The van der Waals surface area contributed by atoms with Crippen LogP contribution in [0.25, 0.3) is 50.0 Å². The minimum atomic E-state index is -0.272. The lowest BCUT2D eigenvalue weighted by Gasteiger charge is -2.15. The molecule has 0 radical (unpaired) electrons. The Labute approximate surface area is 227 Å². The molecule has 1 aliphatic rings. The number of hydrogen-bond donors (Lipinski definition) is 2. The number of benzene rings is 1. The number of halogens is 1. The monoisotopic (exact) mass is 518 g/mol. The highest BCUT2D eigenvalue weighted by Crippen LogP contribution is 2.34. The molecule has 0 spiro atoms. The number of nitrogens with one attached hydrogen (secondary N) is 2. The maximum atomic E-state index is 14.2. The summed E-state index contributed by atoms with van der Waals surface area (Å²) in [5.41, 5.74) is 8.86. The zero-order chi connectivity index (χ0) is 26.9. The zero-order valence-corrected chi connectivity index (χ0v) is 22.3. The minimum absolute atomic E-state index is 0.272. The summed E-state index contributed by atoms with van der Waals surface area (Å²) in [5.74, 6) is -0.272. The second-order valence-electron chi connectivity index (χ2n) is 10.2. The van der Waals surface area contributed by atoms with Crippen LogP contribution in [0.4, 0.5) is 4.39 Å². The fourth-order valence-electron chi connectivity index (χ4n) is 5.44. The predicted molar refractivity (Wildman–Crippen MR) is 157 cm³/mol. The molecule has 1 aliphatic heterocycles. The van der Waals surface area contributed by atoms with E-state index in [0.29, 0.717) is 0 Å². The van der Waals surface area contributed by atoms with Crippen LogP contribution in [0.15, 0.2) is 79.2 Å². The van der Waals surface area contributed by atoms with Crippen LogP contribution in [0.1, 0.15) is 31.0 Å². The summed E-state index contributed by atoms with van der Waals surface area (Å²) in [7, 11) is 0. The topological polar surface area (TPSA) is 73.5 Å². The molecule has 5 aromatic rings. The van der Waals surface area contributed by atoms with Gasteiger partial charge in [0.25, 0.3) is 0 Å². The first kappa shape index (κ1) is 24.9. The zero-order valence-electron chi connectivity index (χ0n) is 22.3. The van der Waals surface area contributed by atoms with Gasteiger partial charge in [0, 0.05) is 34.6 Å². The van der Waals surface area contributed by atoms with Gasteiger partial charge in [-0.25, -0.2) is 4.39 Å². The van der Waals surface area contributed by atoms with Crippen molar-refractivity contribution in [1.29, 1.82) is 0 Å². The Kier molecular flexibility index (Phi) is 6.67. The molecule has 0 amide bonds. The van der Waals surface area contributed by atoms with Gasteiger partial charge in [0.15, 0.2) is 0 Å². The lowest BCUT2D eigenvalue weighted by Crippen LogP contribution is -2.21. The lowest BCUT2D eigenvalue weighted by molar-refractivity contribution is 0.371. The van der Waals surface area contributed by atoms with Gasteiger partial charge in [0.1, 0.15) is 11.5 Å². The summed E-state index contributed by atoms with van der Waals surface area (Å²) in [6, 6.07) is 11.0. The summed E-state index contributed by atoms with van der Waals surface area (Å²) in [5, 5.41) is 9.63. The van der Waals surface area contributed by atoms with Crippen molar-refractivity contribution in [2.75, 3.05) is 19.6 Å². The molecule has 7 heteroatoms.